The van der Waals surface area contributed by atoms with Crippen LogP contribution in [0.4, 0.5) is 18.9 Å². The summed E-state index contributed by atoms with van der Waals surface area (Å²) < 4.78 is 47.4. The summed E-state index contributed by atoms with van der Waals surface area (Å²) in [5.74, 6) is -0.334. The fourth-order valence-electron chi connectivity index (χ4n) is 1.37. The maximum atomic E-state index is 12.6. The van der Waals surface area contributed by atoms with Gasteiger partial charge >= 0.3 is 12.1 Å². The van der Waals surface area contributed by atoms with Crippen molar-refractivity contribution in [3.63, 3.8) is 0 Å². The summed E-state index contributed by atoms with van der Waals surface area (Å²) in [5, 5.41) is 2.56. The number of halogens is 3. The number of anilines is 1. The van der Waals surface area contributed by atoms with Crippen LogP contribution in [0.15, 0.2) is 18.2 Å². The molecule has 0 aliphatic carbocycles. The van der Waals surface area contributed by atoms with Gasteiger partial charge < -0.3 is 14.8 Å². The molecule has 0 amide bonds. The van der Waals surface area contributed by atoms with E-state index in [9.17, 15) is 18.0 Å². The molecule has 0 bridgehead atoms. The van der Waals surface area contributed by atoms with Crippen molar-refractivity contribution < 1.29 is 27.4 Å². The summed E-state index contributed by atoms with van der Waals surface area (Å²) in [6.45, 7) is 1.78. The number of rotatable bonds is 5. The lowest BCUT2D eigenvalue weighted by atomic mass is 10.1. The number of alkyl halides is 3. The highest BCUT2D eigenvalue weighted by Crippen LogP contribution is 2.34. The van der Waals surface area contributed by atoms with Gasteiger partial charge in [-0.05, 0) is 25.1 Å². The van der Waals surface area contributed by atoms with E-state index in [4.69, 9.17) is 4.74 Å². The minimum Gasteiger partial charge on any atom is -0.492 e. The number of methoxy groups -OCH3 is 1. The Hall–Kier alpha value is -1.92. The molecular weight excluding hydrogens is 263 g/mol. The molecule has 0 aliphatic heterocycles. The van der Waals surface area contributed by atoms with Crippen LogP contribution in [0.5, 0.6) is 5.75 Å². The molecule has 0 atom stereocenters. The van der Waals surface area contributed by atoms with Crippen LogP contribution >= 0.6 is 0 Å². The number of ether oxygens (including phenoxy) is 2. The van der Waals surface area contributed by atoms with Gasteiger partial charge in [-0.1, -0.05) is 0 Å². The summed E-state index contributed by atoms with van der Waals surface area (Å²) in [6, 6.07) is 3.04. The summed E-state index contributed by atoms with van der Waals surface area (Å²) >= 11 is 0. The van der Waals surface area contributed by atoms with Gasteiger partial charge in [0.1, 0.15) is 12.3 Å². The Morgan fingerprint density at radius 1 is 1.37 bits per heavy atom. The second kappa shape index (κ2) is 6.31. The van der Waals surface area contributed by atoms with Crippen molar-refractivity contribution in [2.75, 3.05) is 25.6 Å². The second-order valence-electron chi connectivity index (χ2n) is 3.57. The molecule has 0 aromatic heterocycles. The minimum absolute atomic E-state index is 0.0991. The van der Waals surface area contributed by atoms with Gasteiger partial charge in [0, 0.05) is 0 Å². The maximum absolute atomic E-state index is 12.6. The van der Waals surface area contributed by atoms with Gasteiger partial charge in [0.25, 0.3) is 0 Å². The van der Waals surface area contributed by atoms with E-state index < -0.39 is 17.7 Å². The highest BCUT2D eigenvalue weighted by atomic mass is 19.4. The molecule has 0 heterocycles. The van der Waals surface area contributed by atoms with Crippen molar-refractivity contribution in [2.45, 2.75) is 13.1 Å². The number of nitrogens with one attached hydrogen (secondary N) is 1. The van der Waals surface area contributed by atoms with Crippen LogP contribution in [0.2, 0.25) is 0 Å². The Morgan fingerprint density at radius 3 is 2.58 bits per heavy atom. The molecule has 0 spiro atoms. The Kier molecular flexibility index (Phi) is 5.02. The first-order chi connectivity index (χ1) is 8.88. The second-order valence-corrected chi connectivity index (χ2v) is 3.57. The molecule has 4 nitrogen and oxygen atoms in total. The molecule has 0 unspecified atom stereocenters. The first-order valence-electron chi connectivity index (χ1n) is 5.53. The number of esters is 1. The van der Waals surface area contributed by atoms with Crippen molar-refractivity contribution in [3.05, 3.63) is 23.8 Å². The lowest BCUT2D eigenvalue weighted by molar-refractivity contribution is -0.138. The Labute approximate surface area is 108 Å². The quantitative estimate of drug-likeness (QED) is 0.841. The summed E-state index contributed by atoms with van der Waals surface area (Å²) in [7, 11) is 1.19. The highest BCUT2D eigenvalue weighted by Gasteiger charge is 2.31. The lowest BCUT2D eigenvalue weighted by Crippen LogP contribution is -2.16. The largest absolute Gasteiger partial charge is 0.492 e. The molecule has 0 radical (unpaired) electrons. The fraction of sp³-hybridized carbons (Fsp3) is 0.417. The normalized spacial score (nSPS) is 11.0. The average Bonchev–Trinajstić information content (AvgIpc) is 2.36. The number of hydrogen-bond donors (Lipinski definition) is 1. The Balaban J connectivity index is 2.98. The summed E-state index contributed by atoms with van der Waals surface area (Å²) in [5.41, 5.74) is -0.717. The van der Waals surface area contributed by atoms with E-state index in [1.807, 2.05) is 0 Å². The monoisotopic (exact) mass is 277 g/mol. The first-order valence-corrected chi connectivity index (χ1v) is 5.53. The van der Waals surface area contributed by atoms with Gasteiger partial charge in [0.05, 0.1) is 25.0 Å². The van der Waals surface area contributed by atoms with Crippen LogP contribution in [0.25, 0.3) is 0 Å². The van der Waals surface area contributed by atoms with E-state index in [-0.39, 0.29) is 18.0 Å². The zero-order valence-corrected chi connectivity index (χ0v) is 10.5. The minimum atomic E-state index is -4.45. The van der Waals surface area contributed by atoms with Gasteiger partial charge in [0.2, 0.25) is 0 Å². The van der Waals surface area contributed by atoms with E-state index in [0.717, 1.165) is 12.1 Å². The van der Waals surface area contributed by atoms with Gasteiger partial charge in [-0.2, -0.15) is 13.2 Å². The van der Waals surface area contributed by atoms with Crippen molar-refractivity contribution in [1.82, 2.24) is 0 Å². The average molecular weight is 277 g/mol. The van der Waals surface area contributed by atoms with E-state index >= 15 is 0 Å². The molecule has 19 heavy (non-hydrogen) atoms. The van der Waals surface area contributed by atoms with Crippen molar-refractivity contribution in [2.24, 2.45) is 0 Å². The molecule has 0 saturated carbocycles. The van der Waals surface area contributed by atoms with Gasteiger partial charge in [0.15, 0.2) is 0 Å². The topological polar surface area (TPSA) is 47.6 Å². The van der Waals surface area contributed by atoms with E-state index in [1.54, 1.807) is 6.92 Å². The number of hydrogen-bond acceptors (Lipinski definition) is 4. The molecule has 0 fully saturated rings. The van der Waals surface area contributed by atoms with E-state index in [0.29, 0.717) is 6.61 Å². The van der Waals surface area contributed by atoms with Crippen LogP contribution in [0, 0.1) is 0 Å². The lowest BCUT2D eigenvalue weighted by Gasteiger charge is -2.14. The predicted molar refractivity (Wildman–Crippen MR) is 63.1 cm³/mol. The molecule has 7 heteroatoms. The Morgan fingerprint density at radius 2 is 2.05 bits per heavy atom. The van der Waals surface area contributed by atoms with Crippen LogP contribution in [-0.4, -0.2) is 26.2 Å². The summed E-state index contributed by atoms with van der Waals surface area (Å²) in [4.78, 5) is 11.0. The third kappa shape index (κ3) is 4.35. The fourth-order valence-corrected chi connectivity index (χ4v) is 1.37. The number of carbonyl (C=O) groups is 1. The van der Waals surface area contributed by atoms with Crippen molar-refractivity contribution >= 4 is 11.7 Å². The number of benzene rings is 1. The van der Waals surface area contributed by atoms with Gasteiger partial charge in [-0.15, -0.1) is 0 Å². The van der Waals surface area contributed by atoms with Crippen LogP contribution in [0.3, 0.4) is 0 Å². The van der Waals surface area contributed by atoms with E-state index in [2.05, 4.69) is 10.1 Å². The molecule has 0 aliphatic rings. The molecule has 1 aromatic carbocycles. The zero-order chi connectivity index (χ0) is 14.5. The van der Waals surface area contributed by atoms with Crippen molar-refractivity contribution in [1.29, 1.82) is 0 Å². The van der Waals surface area contributed by atoms with Crippen LogP contribution in [-0.2, 0) is 15.7 Å². The highest BCUT2D eigenvalue weighted by molar-refractivity contribution is 5.76. The third-order valence-electron chi connectivity index (χ3n) is 2.26. The molecule has 1 aromatic rings. The van der Waals surface area contributed by atoms with E-state index in [1.165, 1.54) is 13.2 Å². The number of carbonyl (C=O) groups excluding carboxylic acids is 1. The molecular formula is C12H14F3NO3. The maximum Gasteiger partial charge on any atom is 0.416 e. The van der Waals surface area contributed by atoms with Gasteiger partial charge in [-0.25, -0.2) is 0 Å². The molecule has 1 rings (SSSR count). The van der Waals surface area contributed by atoms with Crippen LogP contribution in [0.1, 0.15) is 12.5 Å². The smallest absolute Gasteiger partial charge is 0.416 e. The standard InChI is InChI=1S/C12H14F3NO3/c1-3-19-10-5-4-8(12(13,14)15)6-9(10)16-7-11(17)18-2/h4-6,16H,3,7H2,1-2H3. The molecule has 106 valence electrons. The SMILES string of the molecule is CCOc1ccc(C(F)(F)F)cc1NCC(=O)OC. The summed E-state index contributed by atoms with van der Waals surface area (Å²) in [6.07, 6.45) is -4.45. The van der Waals surface area contributed by atoms with Crippen LogP contribution < -0.4 is 10.1 Å². The van der Waals surface area contributed by atoms with Gasteiger partial charge in [-0.3, -0.25) is 4.79 Å². The predicted octanol–water partition coefficient (Wildman–Crippen LogP) is 2.69. The Bertz CT molecular complexity index is 446. The van der Waals surface area contributed by atoms with Crippen molar-refractivity contribution in [3.8, 4) is 5.75 Å². The molecule has 0 saturated heterocycles. The third-order valence-corrected chi connectivity index (χ3v) is 2.26. The molecule has 1 N–H and O–H groups in total. The first kappa shape index (κ1) is 15.1. The zero-order valence-electron chi connectivity index (χ0n) is 10.5.